The summed E-state index contributed by atoms with van der Waals surface area (Å²) in [5, 5.41) is 3.37. The SMILES string of the molecule is COCC(CNC(C)C)OCC1CCOC1. The van der Waals surface area contributed by atoms with Gasteiger partial charge in [-0.2, -0.15) is 0 Å². The molecule has 0 spiro atoms. The van der Waals surface area contributed by atoms with E-state index in [0.29, 0.717) is 18.6 Å². The largest absolute Gasteiger partial charge is 0.382 e. The summed E-state index contributed by atoms with van der Waals surface area (Å²) in [5.41, 5.74) is 0. The Balaban J connectivity index is 2.15. The summed E-state index contributed by atoms with van der Waals surface area (Å²) in [6, 6.07) is 0.484. The van der Waals surface area contributed by atoms with Gasteiger partial charge in [0, 0.05) is 32.2 Å². The van der Waals surface area contributed by atoms with Crippen molar-refractivity contribution in [3.05, 3.63) is 0 Å². The Morgan fingerprint density at radius 2 is 2.25 bits per heavy atom. The second-order valence-electron chi connectivity index (χ2n) is 4.70. The van der Waals surface area contributed by atoms with Crippen LogP contribution in [0.2, 0.25) is 0 Å². The summed E-state index contributed by atoms with van der Waals surface area (Å²) < 4.78 is 16.3. The van der Waals surface area contributed by atoms with Gasteiger partial charge in [0.05, 0.1) is 25.9 Å². The Morgan fingerprint density at radius 1 is 1.44 bits per heavy atom. The summed E-state index contributed by atoms with van der Waals surface area (Å²) in [4.78, 5) is 0. The minimum atomic E-state index is 0.146. The lowest BCUT2D eigenvalue weighted by molar-refractivity contribution is -0.0177. The van der Waals surface area contributed by atoms with Gasteiger partial charge < -0.3 is 19.5 Å². The molecule has 4 heteroatoms. The Bertz CT molecular complexity index is 170. The molecular weight excluding hydrogens is 206 g/mol. The Morgan fingerprint density at radius 3 is 2.81 bits per heavy atom. The second-order valence-corrected chi connectivity index (χ2v) is 4.70. The van der Waals surface area contributed by atoms with Crippen molar-refractivity contribution in [1.82, 2.24) is 5.32 Å². The molecular formula is C12H25NO3. The zero-order valence-electron chi connectivity index (χ0n) is 10.7. The lowest BCUT2D eigenvalue weighted by Crippen LogP contribution is -2.37. The van der Waals surface area contributed by atoms with Crippen LogP contribution in [0.25, 0.3) is 0 Å². The van der Waals surface area contributed by atoms with Crippen LogP contribution in [0.5, 0.6) is 0 Å². The van der Waals surface area contributed by atoms with Crippen molar-refractivity contribution in [2.75, 3.05) is 40.1 Å². The number of ether oxygens (including phenoxy) is 3. The Hall–Kier alpha value is -0.160. The average Bonchev–Trinajstić information content (AvgIpc) is 2.75. The fourth-order valence-corrected chi connectivity index (χ4v) is 1.71. The first-order valence-electron chi connectivity index (χ1n) is 6.14. The van der Waals surface area contributed by atoms with Crippen LogP contribution in [0.1, 0.15) is 20.3 Å². The molecule has 4 nitrogen and oxygen atoms in total. The predicted octanol–water partition coefficient (Wildman–Crippen LogP) is 1.05. The van der Waals surface area contributed by atoms with Gasteiger partial charge in [0.15, 0.2) is 0 Å². The fraction of sp³-hybridized carbons (Fsp3) is 1.00. The molecule has 0 saturated carbocycles. The summed E-state index contributed by atoms with van der Waals surface area (Å²) >= 11 is 0. The molecule has 0 aliphatic carbocycles. The van der Waals surface area contributed by atoms with E-state index in [2.05, 4.69) is 19.2 Å². The van der Waals surface area contributed by atoms with E-state index in [1.165, 1.54) is 0 Å². The number of hydrogen-bond acceptors (Lipinski definition) is 4. The maximum atomic E-state index is 5.85. The summed E-state index contributed by atoms with van der Waals surface area (Å²) in [5.74, 6) is 0.568. The van der Waals surface area contributed by atoms with Gasteiger partial charge in [0.2, 0.25) is 0 Å². The minimum Gasteiger partial charge on any atom is -0.382 e. The van der Waals surface area contributed by atoms with Crippen LogP contribution >= 0.6 is 0 Å². The van der Waals surface area contributed by atoms with Gasteiger partial charge in [-0.3, -0.25) is 0 Å². The van der Waals surface area contributed by atoms with Crippen molar-refractivity contribution in [3.63, 3.8) is 0 Å². The highest BCUT2D eigenvalue weighted by Crippen LogP contribution is 2.13. The van der Waals surface area contributed by atoms with Crippen LogP contribution in [0.3, 0.4) is 0 Å². The zero-order valence-corrected chi connectivity index (χ0v) is 10.7. The molecule has 1 heterocycles. The maximum absolute atomic E-state index is 5.85. The average molecular weight is 231 g/mol. The first-order chi connectivity index (χ1) is 7.72. The molecule has 1 fully saturated rings. The molecule has 1 aliphatic rings. The van der Waals surface area contributed by atoms with Gasteiger partial charge in [-0.15, -0.1) is 0 Å². The van der Waals surface area contributed by atoms with E-state index in [-0.39, 0.29) is 6.10 Å². The monoisotopic (exact) mass is 231 g/mol. The molecule has 0 radical (unpaired) electrons. The summed E-state index contributed by atoms with van der Waals surface area (Å²) in [6.07, 6.45) is 1.27. The standard InChI is InChI=1S/C12H25NO3/c1-10(2)13-6-12(9-14-3)16-8-11-4-5-15-7-11/h10-13H,4-9H2,1-3H3. The van der Waals surface area contributed by atoms with Crippen LogP contribution in [-0.2, 0) is 14.2 Å². The van der Waals surface area contributed by atoms with Crippen LogP contribution < -0.4 is 5.32 Å². The number of methoxy groups -OCH3 is 1. The smallest absolute Gasteiger partial charge is 0.0932 e. The van der Waals surface area contributed by atoms with Crippen molar-refractivity contribution >= 4 is 0 Å². The Labute approximate surface area is 98.6 Å². The molecule has 16 heavy (non-hydrogen) atoms. The van der Waals surface area contributed by atoms with Crippen molar-refractivity contribution in [2.45, 2.75) is 32.4 Å². The first kappa shape index (κ1) is 13.9. The van der Waals surface area contributed by atoms with E-state index < -0.39 is 0 Å². The van der Waals surface area contributed by atoms with Crippen molar-refractivity contribution in [1.29, 1.82) is 0 Å². The molecule has 2 atom stereocenters. The highest BCUT2D eigenvalue weighted by molar-refractivity contribution is 4.67. The van der Waals surface area contributed by atoms with E-state index in [0.717, 1.165) is 32.8 Å². The molecule has 0 aromatic heterocycles. The molecule has 96 valence electrons. The van der Waals surface area contributed by atoms with Crippen molar-refractivity contribution < 1.29 is 14.2 Å². The van der Waals surface area contributed by atoms with Gasteiger partial charge in [-0.25, -0.2) is 0 Å². The molecule has 1 saturated heterocycles. The lowest BCUT2D eigenvalue weighted by Gasteiger charge is -2.20. The molecule has 1 N–H and O–H groups in total. The molecule has 2 unspecified atom stereocenters. The van der Waals surface area contributed by atoms with Crippen molar-refractivity contribution in [3.8, 4) is 0 Å². The topological polar surface area (TPSA) is 39.7 Å². The van der Waals surface area contributed by atoms with Gasteiger partial charge in [-0.1, -0.05) is 13.8 Å². The molecule has 0 amide bonds. The first-order valence-corrected chi connectivity index (χ1v) is 6.14. The van der Waals surface area contributed by atoms with Gasteiger partial charge in [0.25, 0.3) is 0 Å². The van der Waals surface area contributed by atoms with Crippen LogP contribution in [0.4, 0.5) is 0 Å². The number of nitrogens with one attached hydrogen (secondary N) is 1. The molecule has 1 aliphatic heterocycles. The van der Waals surface area contributed by atoms with Crippen molar-refractivity contribution in [2.24, 2.45) is 5.92 Å². The van der Waals surface area contributed by atoms with E-state index in [1.54, 1.807) is 7.11 Å². The van der Waals surface area contributed by atoms with E-state index in [9.17, 15) is 0 Å². The minimum absolute atomic E-state index is 0.146. The van der Waals surface area contributed by atoms with E-state index in [4.69, 9.17) is 14.2 Å². The quantitative estimate of drug-likeness (QED) is 0.678. The Kier molecular flexibility index (Phi) is 6.96. The fourth-order valence-electron chi connectivity index (χ4n) is 1.71. The van der Waals surface area contributed by atoms with Gasteiger partial charge >= 0.3 is 0 Å². The summed E-state index contributed by atoms with van der Waals surface area (Å²) in [6.45, 7) is 8.27. The molecule has 0 aromatic rings. The number of hydrogen-bond donors (Lipinski definition) is 1. The molecule has 0 bridgehead atoms. The van der Waals surface area contributed by atoms with E-state index >= 15 is 0 Å². The van der Waals surface area contributed by atoms with Gasteiger partial charge in [0.1, 0.15) is 0 Å². The zero-order chi connectivity index (χ0) is 11.8. The van der Waals surface area contributed by atoms with Crippen LogP contribution in [0.15, 0.2) is 0 Å². The molecule has 1 rings (SSSR count). The molecule has 0 aromatic carbocycles. The third-order valence-electron chi connectivity index (χ3n) is 2.70. The predicted molar refractivity (Wildman–Crippen MR) is 63.7 cm³/mol. The summed E-state index contributed by atoms with van der Waals surface area (Å²) in [7, 11) is 1.71. The van der Waals surface area contributed by atoms with Crippen LogP contribution in [-0.4, -0.2) is 52.2 Å². The van der Waals surface area contributed by atoms with Gasteiger partial charge in [-0.05, 0) is 6.42 Å². The maximum Gasteiger partial charge on any atom is 0.0932 e. The highest BCUT2D eigenvalue weighted by atomic mass is 16.5. The van der Waals surface area contributed by atoms with E-state index in [1.807, 2.05) is 0 Å². The number of rotatable bonds is 8. The van der Waals surface area contributed by atoms with Crippen LogP contribution in [0, 0.1) is 5.92 Å². The third kappa shape index (κ3) is 5.80. The normalized spacial score (nSPS) is 22.9. The second kappa shape index (κ2) is 8.01. The highest BCUT2D eigenvalue weighted by Gasteiger charge is 2.18. The lowest BCUT2D eigenvalue weighted by atomic mass is 10.1. The third-order valence-corrected chi connectivity index (χ3v) is 2.70.